The highest BCUT2D eigenvalue weighted by Crippen LogP contribution is 2.14. The Labute approximate surface area is 444 Å². The van der Waals surface area contributed by atoms with Crippen molar-refractivity contribution in [3.8, 4) is 0 Å². The van der Waals surface area contributed by atoms with E-state index in [0.29, 0.717) is 16.7 Å². The van der Waals surface area contributed by atoms with Crippen molar-refractivity contribution in [2.24, 2.45) is 17.6 Å². The first-order valence-electron chi connectivity index (χ1n) is 24.9. The molecule has 0 saturated heterocycles. The number of aliphatic hydroxyl groups is 1. The Morgan fingerprint density at radius 3 is 1.34 bits per heavy atom. The number of benzene rings is 3. The van der Waals surface area contributed by atoms with Crippen LogP contribution in [-0.2, 0) is 72.0 Å². The summed E-state index contributed by atoms with van der Waals surface area (Å²) < 4.78 is 0. The molecule has 0 aliphatic rings. The van der Waals surface area contributed by atoms with Gasteiger partial charge in [0.25, 0.3) is 5.91 Å². The van der Waals surface area contributed by atoms with Gasteiger partial charge in [0.2, 0.25) is 35.4 Å². The highest BCUT2D eigenvalue weighted by molar-refractivity contribution is 5.97. The van der Waals surface area contributed by atoms with Crippen LogP contribution in [-0.4, -0.2) is 145 Å². The number of aliphatic hydroxyl groups excluding tert-OH is 1. The highest BCUT2D eigenvalue weighted by Gasteiger charge is 2.37. The van der Waals surface area contributed by atoms with Gasteiger partial charge in [0.05, 0.1) is 18.5 Å². The van der Waals surface area contributed by atoms with Crippen LogP contribution in [0.3, 0.4) is 0 Å². The van der Waals surface area contributed by atoms with E-state index in [9.17, 15) is 73.2 Å². The molecule has 0 unspecified atom stereocenters. The van der Waals surface area contributed by atoms with E-state index in [1.807, 2.05) is 0 Å². The molecule has 0 spiro atoms. The Morgan fingerprint density at radius 2 is 0.857 bits per heavy atom. The molecule has 0 aromatic heterocycles. The number of hydrogen-bond donors (Lipinski definition) is 13. The standard InChI is InChI=1S/C53H70N8O16/c1-29(2)24-37(58-51(74)44(30(3)4)61-46(69)34(54)20-22-41(62)63)48(71)56-36(25-31-14-8-5-9-15-31)45(68)52(75)59-39(28-43(66)67)50(73)57-38(26-32-16-10-6-11-17-32)49(72)55-35(21-23-42(64)65)47(70)60-40(53(76)77)27-33-18-12-7-13-19-33/h5-19,29-30,34-40,44-45,68H,20-28,54H2,1-4H3,(H,55,72)(H,56,71)(H,57,73)(H,58,74)(H,59,75)(H,60,70)(H,61,69)(H,62,63)(H,64,65)(H,66,67)(H,76,77)/t34-,35-,36-,37-,38-,39-,40-,44-,45+/m0/s1. The van der Waals surface area contributed by atoms with Crippen LogP contribution in [0.1, 0.15) is 82.9 Å². The Kier molecular flexibility index (Phi) is 25.9. The van der Waals surface area contributed by atoms with Crippen LogP contribution >= 0.6 is 0 Å². The number of nitrogens with one attached hydrogen (secondary N) is 7. The van der Waals surface area contributed by atoms with Crippen LogP contribution in [0.4, 0.5) is 0 Å². The molecule has 0 radical (unpaired) electrons. The van der Waals surface area contributed by atoms with Crippen LogP contribution in [0, 0.1) is 11.8 Å². The lowest BCUT2D eigenvalue weighted by Gasteiger charge is -2.30. The quantitative estimate of drug-likeness (QED) is 0.0375. The average molecular weight is 1080 g/mol. The predicted molar refractivity (Wildman–Crippen MR) is 276 cm³/mol. The van der Waals surface area contributed by atoms with E-state index >= 15 is 0 Å². The molecule has 0 heterocycles. The molecule has 3 aromatic rings. The molecule has 24 nitrogen and oxygen atoms in total. The molecule has 3 aromatic carbocycles. The molecule has 9 atom stereocenters. The van der Waals surface area contributed by atoms with Gasteiger partial charge in [-0.05, 0) is 54.2 Å². The molecule has 0 saturated carbocycles. The van der Waals surface area contributed by atoms with Gasteiger partial charge in [0.15, 0.2) is 6.10 Å². The number of carboxylic acids is 4. The largest absolute Gasteiger partial charge is 0.481 e. The normalized spacial score (nSPS) is 14.6. The minimum Gasteiger partial charge on any atom is -0.481 e. The maximum Gasteiger partial charge on any atom is 0.326 e. The predicted octanol–water partition coefficient (Wildman–Crippen LogP) is -0.213. The number of amides is 7. The number of rotatable bonds is 33. The SMILES string of the molecule is CC(C)C[C@H](NC(=O)[C@@H](NC(=O)[C@@H](N)CCC(=O)O)C(C)C)C(=O)N[C@@H](Cc1ccccc1)[C@@H](O)C(=O)N[C@@H](CC(=O)O)C(=O)N[C@@H](Cc1ccccc1)C(=O)N[C@@H](CCC(=O)O)C(=O)N[C@@H](Cc1ccccc1)C(=O)O. The number of carboxylic acid groups (broad SMARTS) is 4. The summed E-state index contributed by atoms with van der Waals surface area (Å²) in [4.78, 5) is 144. The third-order valence-electron chi connectivity index (χ3n) is 12.0. The van der Waals surface area contributed by atoms with E-state index < -0.39 is 151 Å². The number of aliphatic carboxylic acids is 4. The summed E-state index contributed by atoms with van der Waals surface area (Å²) in [6, 6.07) is 12.3. The van der Waals surface area contributed by atoms with Gasteiger partial charge in [-0.2, -0.15) is 0 Å². The monoisotopic (exact) mass is 1070 g/mol. The minimum atomic E-state index is -2.22. The highest BCUT2D eigenvalue weighted by atomic mass is 16.4. The van der Waals surface area contributed by atoms with Crippen molar-refractivity contribution in [2.45, 2.75) is 140 Å². The lowest BCUT2D eigenvalue weighted by Crippen LogP contribution is -2.61. The molecule has 77 heavy (non-hydrogen) atoms. The molecular formula is C53H70N8O16. The van der Waals surface area contributed by atoms with Gasteiger partial charge in [0, 0.05) is 25.7 Å². The van der Waals surface area contributed by atoms with Crippen molar-refractivity contribution in [2.75, 3.05) is 0 Å². The molecule has 0 fully saturated rings. The summed E-state index contributed by atoms with van der Waals surface area (Å²) in [7, 11) is 0. The van der Waals surface area contributed by atoms with Gasteiger partial charge in [-0.3, -0.25) is 47.9 Å². The first kappa shape index (κ1) is 63.0. The van der Waals surface area contributed by atoms with E-state index in [1.54, 1.807) is 119 Å². The van der Waals surface area contributed by atoms with Crippen molar-refractivity contribution in [1.29, 1.82) is 0 Å². The smallest absolute Gasteiger partial charge is 0.326 e. The Balaban J connectivity index is 1.93. The fourth-order valence-electron chi connectivity index (χ4n) is 7.85. The maximum atomic E-state index is 14.2. The lowest BCUT2D eigenvalue weighted by molar-refractivity contribution is -0.143. The van der Waals surface area contributed by atoms with Crippen molar-refractivity contribution in [3.63, 3.8) is 0 Å². The molecule has 0 bridgehead atoms. The first-order chi connectivity index (χ1) is 36.3. The van der Waals surface area contributed by atoms with Gasteiger partial charge in [-0.1, -0.05) is 119 Å². The number of hydrogen-bond acceptors (Lipinski definition) is 13. The second kappa shape index (κ2) is 31.6. The minimum absolute atomic E-state index is 0.00941. The summed E-state index contributed by atoms with van der Waals surface area (Å²) in [5, 5.41) is 67.1. The van der Waals surface area contributed by atoms with Crippen molar-refractivity contribution in [1.82, 2.24) is 37.2 Å². The topological polar surface area (TPSA) is 399 Å². The average Bonchev–Trinajstić information content (AvgIpc) is 3.37. The van der Waals surface area contributed by atoms with Gasteiger partial charge in [0.1, 0.15) is 36.3 Å². The van der Waals surface area contributed by atoms with E-state index in [-0.39, 0.29) is 38.0 Å². The van der Waals surface area contributed by atoms with Gasteiger partial charge in [-0.25, -0.2) is 4.79 Å². The summed E-state index contributed by atoms with van der Waals surface area (Å²) in [5.41, 5.74) is 7.35. The summed E-state index contributed by atoms with van der Waals surface area (Å²) >= 11 is 0. The molecule has 0 aliphatic carbocycles. The van der Waals surface area contributed by atoms with E-state index in [2.05, 4.69) is 37.2 Å². The van der Waals surface area contributed by atoms with Gasteiger partial charge >= 0.3 is 23.9 Å². The molecular weight excluding hydrogens is 1000 g/mol. The van der Waals surface area contributed by atoms with E-state index in [4.69, 9.17) is 10.8 Å². The first-order valence-corrected chi connectivity index (χ1v) is 24.9. The molecule has 0 aliphatic heterocycles. The summed E-state index contributed by atoms with van der Waals surface area (Å²) in [6.07, 6.45) is -5.84. The third-order valence-corrected chi connectivity index (χ3v) is 12.0. The summed E-state index contributed by atoms with van der Waals surface area (Å²) in [5.74, 6) is -13.6. The molecule has 14 N–H and O–H groups in total. The Bertz CT molecular complexity index is 2500. The zero-order valence-electron chi connectivity index (χ0n) is 43.2. The van der Waals surface area contributed by atoms with Crippen LogP contribution in [0.5, 0.6) is 0 Å². The van der Waals surface area contributed by atoms with Crippen molar-refractivity contribution in [3.05, 3.63) is 108 Å². The maximum absolute atomic E-state index is 14.2. The second-order valence-electron chi connectivity index (χ2n) is 19.2. The van der Waals surface area contributed by atoms with Crippen molar-refractivity contribution >= 4 is 65.2 Å². The van der Waals surface area contributed by atoms with E-state index in [1.165, 1.54) is 0 Å². The fraction of sp³-hybridized carbons (Fsp3) is 0.453. The van der Waals surface area contributed by atoms with Gasteiger partial charge < -0.3 is 68.5 Å². The Hall–Kier alpha value is -8.25. The fourth-order valence-corrected chi connectivity index (χ4v) is 7.85. The second-order valence-corrected chi connectivity index (χ2v) is 19.2. The molecule has 418 valence electrons. The van der Waals surface area contributed by atoms with Crippen molar-refractivity contribution < 1.29 is 78.3 Å². The Morgan fingerprint density at radius 1 is 0.442 bits per heavy atom. The van der Waals surface area contributed by atoms with E-state index in [0.717, 1.165) is 0 Å². The zero-order valence-corrected chi connectivity index (χ0v) is 43.2. The van der Waals surface area contributed by atoms with Crippen LogP contribution in [0.2, 0.25) is 0 Å². The zero-order chi connectivity index (χ0) is 57.4. The summed E-state index contributed by atoms with van der Waals surface area (Å²) in [6.45, 7) is 6.73. The van der Waals surface area contributed by atoms with Gasteiger partial charge in [-0.15, -0.1) is 0 Å². The number of carbonyl (C=O) groups is 11. The molecule has 3 rings (SSSR count). The van der Waals surface area contributed by atoms with Crippen LogP contribution < -0.4 is 43.0 Å². The molecule has 7 amide bonds. The molecule has 24 heteroatoms. The number of nitrogens with two attached hydrogens (primary N) is 1. The number of carbonyl (C=O) groups excluding carboxylic acids is 7. The third kappa shape index (κ3) is 22.6. The van der Waals surface area contributed by atoms with Crippen LogP contribution in [0.25, 0.3) is 0 Å². The van der Waals surface area contributed by atoms with Crippen LogP contribution in [0.15, 0.2) is 91.0 Å². The lowest BCUT2D eigenvalue weighted by atomic mass is 9.97.